The normalized spacial score (nSPS) is 10.0. The van der Waals surface area contributed by atoms with Gasteiger partial charge in [-0.2, -0.15) is 0 Å². The van der Waals surface area contributed by atoms with Gasteiger partial charge >= 0.3 is 0 Å². The van der Waals surface area contributed by atoms with Crippen molar-refractivity contribution in [3.8, 4) is 11.5 Å². The number of nitrogens with one attached hydrogen (secondary N) is 1. The number of anilines is 2. The Kier molecular flexibility index (Phi) is 6.32. The van der Waals surface area contributed by atoms with Crippen LogP contribution in [-0.4, -0.2) is 14.9 Å². The largest absolute Gasteiger partial charge is 0.457 e. The quantitative estimate of drug-likeness (QED) is 0.328. The van der Waals surface area contributed by atoms with Crippen LogP contribution in [0.5, 0.6) is 11.5 Å². The number of non-ortho nitro benzene ring substituents is 1. The maximum Gasteiger partial charge on any atom is 0.270 e. The highest BCUT2D eigenvalue weighted by atomic mass is 16.6. The van der Waals surface area contributed by atoms with Gasteiger partial charge in [-0.15, -0.1) is 0 Å². The van der Waals surface area contributed by atoms with E-state index in [1.165, 1.54) is 18.5 Å². The fourth-order valence-electron chi connectivity index (χ4n) is 2.63. The minimum absolute atomic E-state index is 0.00745. The predicted molar refractivity (Wildman–Crippen MR) is 114 cm³/mol. The van der Waals surface area contributed by atoms with E-state index >= 15 is 0 Å². The molecule has 1 heterocycles. The van der Waals surface area contributed by atoms with Gasteiger partial charge in [-0.25, -0.2) is 9.97 Å². The zero-order valence-corrected chi connectivity index (χ0v) is 16.1. The smallest absolute Gasteiger partial charge is 0.270 e. The minimum Gasteiger partial charge on any atom is -0.457 e. The molecule has 3 aromatic carbocycles. The summed E-state index contributed by atoms with van der Waals surface area (Å²) in [5.74, 6) is 1.96. The van der Waals surface area contributed by atoms with Crippen LogP contribution in [0.15, 0.2) is 79.1 Å². The lowest BCUT2D eigenvalue weighted by atomic mass is 10.2. The Morgan fingerprint density at radius 2 is 1.59 bits per heavy atom. The monoisotopic (exact) mass is 388 g/mol. The summed E-state index contributed by atoms with van der Waals surface area (Å²) in [7, 11) is 0. The van der Waals surface area contributed by atoms with Crippen LogP contribution in [0.3, 0.4) is 0 Å². The number of fused-ring (bicyclic) bond motifs is 1. The molecule has 0 aliphatic rings. The van der Waals surface area contributed by atoms with Crippen LogP contribution in [0.25, 0.3) is 10.9 Å². The number of nitrogens with zero attached hydrogens (tertiary/aromatic N) is 3. The van der Waals surface area contributed by atoms with Gasteiger partial charge in [0, 0.05) is 23.2 Å². The van der Waals surface area contributed by atoms with Crippen LogP contribution in [0.2, 0.25) is 0 Å². The molecular formula is C22H20N4O3. The Hall–Kier alpha value is -4.00. The number of benzene rings is 3. The molecule has 0 saturated carbocycles. The second-order valence-electron chi connectivity index (χ2n) is 5.75. The van der Waals surface area contributed by atoms with E-state index in [-0.39, 0.29) is 5.69 Å². The Morgan fingerprint density at radius 3 is 2.28 bits per heavy atom. The number of rotatable bonds is 5. The molecule has 1 N–H and O–H groups in total. The first-order chi connectivity index (χ1) is 14.2. The molecule has 0 bridgehead atoms. The summed E-state index contributed by atoms with van der Waals surface area (Å²) in [5, 5.41) is 14.8. The molecule has 0 unspecified atom stereocenters. The molecule has 0 saturated heterocycles. The van der Waals surface area contributed by atoms with Crippen molar-refractivity contribution in [3.05, 3.63) is 89.2 Å². The standard InChI is InChI=1S/C20H14N4O3.C2H6/c25-24(26)15-8-11-19-18(12-15)20(22-13-21-19)23-14-6-9-17(10-7-14)27-16-4-2-1-3-5-16;1-2/h1-13H,(H,21,22,23);1-2H3. The molecule has 7 nitrogen and oxygen atoms in total. The van der Waals surface area contributed by atoms with Gasteiger partial charge in [0.1, 0.15) is 23.6 Å². The Labute approximate surface area is 168 Å². The molecule has 4 rings (SSSR count). The van der Waals surface area contributed by atoms with Gasteiger partial charge in [0.05, 0.1) is 10.4 Å². The van der Waals surface area contributed by atoms with Crippen LogP contribution < -0.4 is 10.1 Å². The Morgan fingerprint density at radius 1 is 0.897 bits per heavy atom. The summed E-state index contributed by atoms with van der Waals surface area (Å²) in [6.45, 7) is 4.00. The maximum absolute atomic E-state index is 11.0. The van der Waals surface area contributed by atoms with E-state index in [2.05, 4.69) is 15.3 Å². The minimum atomic E-state index is -0.439. The molecule has 0 fully saturated rings. The van der Waals surface area contributed by atoms with Gasteiger partial charge in [0.2, 0.25) is 0 Å². The topological polar surface area (TPSA) is 90.2 Å². The van der Waals surface area contributed by atoms with Crippen molar-refractivity contribution in [3.63, 3.8) is 0 Å². The molecule has 7 heteroatoms. The number of hydrogen-bond acceptors (Lipinski definition) is 6. The molecule has 0 atom stereocenters. The van der Waals surface area contributed by atoms with Crippen molar-refractivity contribution in [1.29, 1.82) is 0 Å². The molecular weight excluding hydrogens is 368 g/mol. The van der Waals surface area contributed by atoms with Crippen LogP contribution in [0, 0.1) is 10.1 Å². The van der Waals surface area contributed by atoms with Crippen LogP contribution >= 0.6 is 0 Å². The number of nitro groups is 1. The molecule has 0 aliphatic carbocycles. The Bertz CT molecular complexity index is 1100. The number of ether oxygens (including phenoxy) is 1. The van der Waals surface area contributed by atoms with Crippen LogP contribution in [-0.2, 0) is 0 Å². The molecule has 1 aromatic heterocycles. The first-order valence-corrected chi connectivity index (χ1v) is 9.18. The van der Waals surface area contributed by atoms with Gasteiger partial charge in [0.15, 0.2) is 0 Å². The van der Waals surface area contributed by atoms with Crippen LogP contribution in [0.1, 0.15) is 13.8 Å². The molecule has 0 spiro atoms. The lowest BCUT2D eigenvalue weighted by Crippen LogP contribution is -1.97. The number of hydrogen-bond donors (Lipinski definition) is 1. The fourth-order valence-corrected chi connectivity index (χ4v) is 2.63. The molecule has 146 valence electrons. The molecule has 0 amide bonds. The van der Waals surface area contributed by atoms with E-state index in [0.29, 0.717) is 22.5 Å². The highest BCUT2D eigenvalue weighted by Gasteiger charge is 2.11. The third kappa shape index (κ3) is 4.84. The second kappa shape index (κ2) is 9.27. The summed E-state index contributed by atoms with van der Waals surface area (Å²) >= 11 is 0. The number of nitro benzene ring substituents is 1. The summed E-state index contributed by atoms with van der Waals surface area (Å²) in [5.41, 5.74) is 1.40. The van der Waals surface area contributed by atoms with Gasteiger partial charge in [-0.05, 0) is 42.5 Å². The van der Waals surface area contributed by atoms with Crippen molar-refractivity contribution in [2.45, 2.75) is 13.8 Å². The van der Waals surface area contributed by atoms with Crippen molar-refractivity contribution < 1.29 is 9.66 Å². The highest BCUT2D eigenvalue weighted by molar-refractivity contribution is 5.92. The SMILES string of the molecule is CC.O=[N+]([O-])c1ccc2ncnc(Nc3ccc(Oc4ccccc4)cc3)c2c1. The zero-order valence-electron chi connectivity index (χ0n) is 16.1. The van der Waals surface area contributed by atoms with Gasteiger partial charge in [0.25, 0.3) is 5.69 Å². The zero-order chi connectivity index (χ0) is 20.6. The summed E-state index contributed by atoms with van der Waals surface area (Å²) in [4.78, 5) is 19.0. The third-order valence-corrected chi connectivity index (χ3v) is 3.93. The first-order valence-electron chi connectivity index (χ1n) is 9.18. The van der Waals surface area contributed by atoms with Crippen molar-refractivity contribution >= 4 is 28.1 Å². The van der Waals surface area contributed by atoms with E-state index in [9.17, 15) is 10.1 Å². The average molecular weight is 388 g/mol. The van der Waals surface area contributed by atoms with Crippen LogP contribution in [0.4, 0.5) is 17.2 Å². The maximum atomic E-state index is 11.0. The second-order valence-corrected chi connectivity index (χ2v) is 5.75. The molecule has 0 aliphatic heterocycles. The fraction of sp³-hybridized carbons (Fsp3) is 0.0909. The lowest BCUT2D eigenvalue weighted by molar-refractivity contribution is -0.384. The first kappa shape index (κ1) is 19.8. The highest BCUT2D eigenvalue weighted by Crippen LogP contribution is 2.28. The van der Waals surface area contributed by atoms with E-state index in [4.69, 9.17) is 4.74 Å². The van der Waals surface area contributed by atoms with E-state index < -0.39 is 4.92 Å². The van der Waals surface area contributed by atoms with E-state index in [1.54, 1.807) is 6.07 Å². The van der Waals surface area contributed by atoms with Crippen molar-refractivity contribution in [2.24, 2.45) is 0 Å². The molecule has 29 heavy (non-hydrogen) atoms. The third-order valence-electron chi connectivity index (χ3n) is 3.93. The lowest BCUT2D eigenvalue weighted by Gasteiger charge is -2.10. The summed E-state index contributed by atoms with van der Waals surface area (Å²) in [6.07, 6.45) is 1.42. The average Bonchev–Trinajstić information content (AvgIpc) is 2.77. The molecule has 4 aromatic rings. The van der Waals surface area contributed by atoms with Crippen molar-refractivity contribution in [2.75, 3.05) is 5.32 Å². The Balaban J connectivity index is 0.00000117. The summed E-state index contributed by atoms with van der Waals surface area (Å²) in [6, 6.07) is 21.4. The summed E-state index contributed by atoms with van der Waals surface area (Å²) < 4.78 is 5.77. The van der Waals surface area contributed by atoms with Gasteiger partial charge in [-0.1, -0.05) is 32.0 Å². The predicted octanol–water partition coefficient (Wildman–Crippen LogP) is 6.10. The number of para-hydroxylation sites is 1. The van der Waals surface area contributed by atoms with Gasteiger partial charge < -0.3 is 10.1 Å². The van der Waals surface area contributed by atoms with E-state index in [1.807, 2.05) is 68.4 Å². The van der Waals surface area contributed by atoms with Gasteiger partial charge in [-0.3, -0.25) is 10.1 Å². The van der Waals surface area contributed by atoms with E-state index in [0.717, 1.165) is 11.4 Å². The van der Waals surface area contributed by atoms with Crippen molar-refractivity contribution in [1.82, 2.24) is 9.97 Å². The molecule has 0 radical (unpaired) electrons. The number of aromatic nitrogens is 2.